The van der Waals surface area contributed by atoms with Crippen LogP contribution in [0.25, 0.3) is 0 Å². The first-order valence-corrected chi connectivity index (χ1v) is 10.8. The van der Waals surface area contributed by atoms with Crippen molar-refractivity contribution in [2.45, 2.75) is 52.0 Å². The number of rotatable bonds is 12. The minimum atomic E-state index is 0.0248. The fourth-order valence-electron chi connectivity index (χ4n) is 3.97. The lowest BCUT2D eigenvalue weighted by Gasteiger charge is -2.38. The van der Waals surface area contributed by atoms with Gasteiger partial charge in [-0.15, -0.1) is 0 Å². The lowest BCUT2D eigenvalue weighted by Crippen LogP contribution is -2.52. The van der Waals surface area contributed by atoms with E-state index >= 15 is 0 Å². The molecule has 1 heterocycles. The van der Waals surface area contributed by atoms with E-state index in [0.717, 1.165) is 44.9 Å². The van der Waals surface area contributed by atoms with Gasteiger partial charge in [0.25, 0.3) is 0 Å². The number of hydrogen-bond acceptors (Lipinski definition) is 5. The van der Waals surface area contributed by atoms with Crippen LogP contribution >= 0.6 is 0 Å². The summed E-state index contributed by atoms with van der Waals surface area (Å²) in [6, 6.07) is 7.44. The topological polar surface area (TPSA) is 67.9 Å². The second-order valence-corrected chi connectivity index (χ2v) is 7.60. The molecule has 1 aliphatic heterocycles. The van der Waals surface area contributed by atoms with E-state index in [9.17, 15) is 9.59 Å². The first kappa shape index (κ1) is 23.4. The number of benzene rings is 1. The van der Waals surface area contributed by atoms with Crippen molar-refractivity contribution in [3.63, 3.8) is 0 Å². The first-order chi connectivity index (χ1) is 14.1. The third kappa shape index (κ3) is 7.44. The maximum absolute atomic E-state index is 12.3. The Hall–Kier alpha value is -1.92. The fraction of sp³-hybridized carbons (Fsp3) is 0.652. The number of carbonyl (C=O) groups is 2. The van der Waals surface area contributed by atoms with Gasteiger partial charge in [0, 0.05) is 44.1 Å². The SMILES string of the molecule is CCC(CC)C(CNC(=O)CCCC(=O)c1ccc(OC)cc1)N1CCOCC1. The van der Waals surface area contributed by atoms with Gasteiger partial charge in [-0.2, -0.15) is 0 Å². The largest absolute Gasteiger partial charge is 0.497 e. The quantitative estimate of drug-likeness (QED) is 0.542. The highest BCUT2D eigenvalue weighted by Gasteiger charge is 2.27. The first-order valence-electron chi connectivity index (χ1n) is 10.8. The van der Waals surface area contributed by atoms with Gasteiger partial charge in [0.15, 0.2) is 5.78 Å². The van der Waals surface area contributed by atoms with E-state index in [1.165, 1.54) is 0 Å². The molecule has 1 aromatic rings. The molecule has 1 fully saturated rings. The Morgan fingerprint density at radius 3 is 2.34 bits per heavy atom. The van der Waals surface area contributed by atoms with E-state index in [1.54, 1.807) is 31.4 Å². The van der Waals surface area contributed by atoms with E-state index in [1.807, 2.05) is 0 Å². The van der Waals surface area contributed by atoms with Gasteiger partial charge in [0.05, 0.1) is 20.3 Å². The number of ketones is 1. The van der Waals surface area contributed by atoms with Crippen molar-refractivity contribution < 1.29 is 19.1 Å². The summed E-state index contributed by atoms with van der Waals surface area (Å²) >= 11 is 0. The zero-order valence-electron chi connectivity index (χ0n) is 18.1. The van der Waals surface area contributed by atoms with Crippen LogP contribution in [0.1, 0.15) is 56.3 Å². The highest BCUT2D eigenvalue weighted by molar-refractivity contribution is 5.96. The van der Waals surface area contributed by atoms with E-state index in [-0.39, 0.29) is 11.7 Å². The number of Topliss-reactive ketones (excluding diaryl/α,β-unsaturated/α-hetero) is 1. The standard InChI is InChI=1S/C23H36N2O4/c1-4-18(5-2)21(25-13-15-29-16-14-25)17-24-23(27)8-6-7-22(26)19-9-11-20(28-3)12-10-19/h9-12,18,21H,4-8,13-17H2,1-3H3,(H,24,27). The normalized spacial score (nSPS) is 15.9. The molecular formula is C23H36N2O4. The second kappa shape index (κ2) is 12.6. The number of amides is 1. The number of ether oxygens (including phenoxy) is 2. The van der Waals surface area contributed by atoms with Gasteiger partial charge < -0.3 is 14.8 Å². The predicted octanol–water partition coefficient (Wildman–Crippen LogP) is 3.30. The van der Waals surface area contributed by atoms with Crippen LogP contribution in [0.15, 0.2) is 24.3 Å². The lowest BCUT2D eigenvalue weighted by molar-refractivity contribution is -0.121. The molecule has 1 N–H and O–H groups in total. The Labute approximate surface area is 174 Å². The smallest absolute Gasteiger partial charge is 0.220 e. The molecule has 0 aliphatic carbocycles. The average Bonchev–Trinajstić information content (AvgIpc) is 2.77. The molecule has 1 saturated heterocycles. The molecule has 1 atom stereocenters. The van der Waals surface area contributed by atoms with Crippen LogP contribution in [-0.4, -0.2) is 62.6 Å². The van der Waals surface area contributed by atoms with Crippen molar-refractivity contribution in [1.82, 2.24) is 10.2 Å². The molecule has 29 heavy (non-hydrogen) atoms. The van der Waals surface area contributed by atoms with Gasteiger partial charge in [0.1, 0.15) is 5.75 Å². The molecule has 6 heteroatoms. The number of hydrogen-bond donors (Lipinski definition) is 1. The van der Waals surface area contributed by atoms with Crippen molar-refractivity contribution >= 4 is 11.7 Å². The summed E-state index contributed by atoms with van der Waals surface area (Å²) in [6.45, 7) is 8.47. The highest BCUT2D eigenvalue weighted by atomic mass is 16.5. The maximum Gasteiger partial charge on any atom is 0.220 e. The van der Waals surface area contributed by atoms with Crippen LogP contribution in [0.4, 0.5) is 0 Å². The third-order valence-electron chi connectivity index (χ3n) is 5.84. The van der Waals surface area contributed by atoms with Gasteiger partial charge in [-0.1, -0.05) is 26.7 Å². The number of morpholine rings is 1. The number of methoxy groups -OCH3 is 1. The Kier molecular flexibility index (Phi) is 10.2. The summed E-state index contributed by atoms with van der Waals surface area (Å²) < 4.78 is 10.6. The number of nitrogens with zero attached hydrogens (tertiary/aromatic N) is 1. The lowest BCUT2D eigenvalue weighted by atomic mass is 9.92. The van der Waals surface area contributed by atoms with Crippen LogP contribution in [0.2, 0.25) is 0 Å². The Morgan fingerprint density at radius 2 is 1.76 bits per heavy atom. The van der Waals surface area contributed by atoms with Crippen molar-refractivity contribution in [3.8, 4) is 5.75 Å². The average molecular weight is 405 g/mol. The van der Waals surface area contributed by atoms with Crippen LogP contribution in [0, 0.1) is 5.92 Å². The summed E-state index contributed by atoms with van der Waals surface area (Å²) in [4.78, 5) is 27.1. The maximum atomic E-state index is 12.3. The summed E-state index contributed by atoms with van der Waals surface area (Å²) in [5.41, 5.74) is 0.660. The molecule has 0 saturated carbocycles. The molecule has 0 bridgehead atoms. The zero-order chi connectivity index (χ0) is 21.1. The Balaban J connectivity index is 1.76. The summed E-state index contributed by atoms with van der Waals surface area (Å²) in [6.07, 6.45) is 3.51. The van der Waals surface area contributed by atoms with Crippen LogP contribution in [0.3, 0.4) is 0 Å². The molecule has 6 nitrogen and oxygen atoms in total. The molecule has 0 radical (unpaired) electrons. The van der Waals surface area contributed by atoms with Crippen LogP contribution < -0.4 is 10.1 Å². The molecular weight excluding hydrogens is 368 g/mol. The summed E-state index contributed by atoms with van der Waals surface area (Å²) in [7, 11) is 1.60. The molecule has 0 aromatic heterocycles. The summed E-state index contributed by atoms with van der Waals surface area (Å²) in [5.74, 6) is 1.37. The van der Waals surface area contributed by atoms with Gasteiger partial charge in [0.2, 0.25) is 5.91 Å². The van der Waals surface area contributed by atoms with Crippen molar-refractivity contribution in [1.29, 1.82) is 0 Å². The molecule has 0 spiro atoms. The van der Waals surface area contributed by atoms with Crippen molar-refractivity contribution in [3.05, 3.63) is 29.8 Å². The van der Waals surface area contributed by atoms with E-state index in [4.69, 9.17) is 9.47 Å². The molecule has 1 unspecified atom stereocenters. The van der Waals surface area contributed by atoms with Crippen LogP contribution in [-0.2, 0) is 9.53 Å². The minimum absolute atomic E-state index is 0.0248. The molecule has 1 aromatic carbocycles. The fourth-order valence-corrected chi connectivity index (χ4v) is 3.97. The molecule has 2 rings (SSSR count). The monoisotopic (exact) mass is 404 g/mol. The van der Waals surface area contributed by atoms with E-state index < -0.39 is 0 Å². The van der Waals surface area contributed by atoms with Crippen molar-refractivity contribution in [2.24, 2.45) is 5.92 Å². The number of carbonyl (C=O) groups excluding carboxylic acids is 2. The van der Waals surface area contributed by atoms with Crippen LogP contribution in [0.5, 0.6) is 5.75 Å². The second-order valence-electron chi connectivity index (χ2n) is 7.60. The third-order valence-corrected chi connectivity index (χ3v) is 5.84. The van der Waals surface area contributed by atoms with Gasteiger partial charge in [-0.25, -0.2) is 0 Å². The number of nitrogens with one attached hydrogen (secondary N) is 1. The predicted molar refractivity (Wildman–Crippen MR) is 114 cm³/mol. The van der Waals surface area contributed by atoms with Gasteiger partial charge in [-0.05, 0) is 36.6 Å². The van der Waals surface area contributed by atoms with E-state index in [0.29, 0.717) is 43.3 Å². The van der Waals surface area contributed by atoms with Gasteiger partial charge >= 0.3 is 0 Å². The van der Waals surface area contributed by atoms with E-state index in [2.05, 4.69) is 24.1 Å². The van der Waals surface area contributed by atoms with Gasteiger partial charge in [-0.3, -0.25) is 14.5 Å². The Morgan fingerprint density at radius 1 is 1.10 bits per heavy atom. The molecule has 162 valence electrons. The minimum Gasteiger partial charge on any atom is -0.497 e. The zero-order valence-corrected chi connectivity index (χ0v) is 18.1. The molecule has 1 amide bonds. The highest BCUT2D eigenvalue weighted by Crippen LogP contribution is 2.20. The molecule has 1 aliphatic rings. The van der Waals surface area contributed by atoms with Crippen molar-refractivity contribution in [2.75, 3.05) is 40.0 Å². The summed E-state index contributed by atoms with van der Waals surface area (Å²) in [5, 5.41) is 3.11. The Bertz CT molecular complexity index is 622.